The molecule has 0 N–H and O–H groups in total. The molecule has 0 saturated carbocycles. The number of imide groups is 1. The number of thioether (sulfide) groups is 1. The van der Waals surface area contributed by atoms with Crippen molar-refractivity contribution in [2.45, 2.75) is 0 Å². The molecule has 1 fully saturated rings. The van der Waals surface area contributed by atoms with E-state index < -0.39 is 28.4 Å². The fourth-order valence-electron chi connectivity index (χ4n) is 2.25. The van der Waals surface area contributed by atoms with Crippen molar-refractivity contribution in [1.82, 2.24) is 9.88 Å². The summed E-state index contributed by atoms with van der Waals surface area (Å²) in [6, 6.07) is 8.37. The molecule has 1 aromatic carbocycles. The number of non-ortho nitro benzene ring substituents is 1. The third kappa shape index (κ3) is 3.67. The van der Waals surface area contributed by atoms with Gasteiger partial charge in [-0.25, -0.2) is 0 Å². The summed E-state index contributed by atoms with van der Waals surface area (Å²) in [6.07, 6.45) is 4.69. The van der Waals surface area contributed by atoms with Crippen LogP contribution in [0.15, 0.2) is 53.7 Å². The molecule has 8 nitrogen and oxygen atoms in total. The normalized spacial score (nSPS) is 15.5. The van der Waals surface area contributed by atoms with Gasteiger partial charge in [-0.3, -0.25) is 34.4 Å². The van der Waals surface area contributed by atoms with Crippen LogP contribution in [-0.2, 0) is 4.79 Å². The van der Waals surface area contributed by atoms with Crippen LogP contribution >= 0.6 is 11.8 Å². The summed E-state index contributed by atoms with van der Waals surface area (Å²) in [5.41, 5.74) is 0.757. The lowest BCUT2D eigenvalue weighted by Gasteiger charge is -2.11. The van der Waals surface area contributed by atoms with Crippen molar-refractivity contribution in [3.05, 3.63) is 74.9 Å². The third-order valence-corrected chi connectivity index (χ3v) is 4.49. The van der Waals surface area contributed by atoms with Gasteiger partial charge in [0.25, 0.3) is 16.8 Å². The second-order valence-electron chi connectivity index (χ2n) is 5.28. The van der Waals surface area contributed by atoms with Crippen molar-refractivity contribution in [2.75, 3.05) is 6.54 Å². The highest BCUT2D eigenvalue weighted by Gasteiger charge is 2.36. The molecule has 130 valence electrons. The number of hydrogen-bond acceptors (Lipinski definition) is 7. The number of nitro benzene ring substituents is 1. The van der Waals surface area contributed by atoms with Crippen LogP contribution < -0.4 is 0 Å². The van der Waals surface area contributed by atoms with Gasteiger partial charge in [-0.1, -0.05) is 0 Å². The van der Waals surface area contributed by atoms with E-state index in [-0.39, 0.29) is 16.2 Å². The predicted molar refractivity (Wildman–Crippen MR) is 94.3 cm³/mol. The molecule has 9 heteroatoms. The number of carbonyl (C=O) groups excluding carboxylic acids is 3. The van der Waals surface area contributed by atoms with Crippen LogP contribution in [0.25, 0.3) is 6.08 Å². The van der Waals surface area contributed by atoms with Crippen LogP contribution in [0.3, 0.4) is 0 Å². The molecule has 1 aliphatic heterocycles. The number of Topliss-reactive ketones (excluding diaryl/α,β-unsaturated/α-hetero) is 1. The topological polar surface area (TPSA) is 110 Å². The van der Waals surface area contributed by atoms with E-state index in [1.807, 2.05) is 0 Å². The number of rotatable bonds is 5. The summed E-state index contributed by atoms with van der Waals surface area (Å²) in [7, 11) is 0. The van der Waals surface area contributed by atoms with Crippen molar-refractivity contribution in [1.29, 1.82) is 0 Å². The van der Waals surface area contributed by atoms with Crippen molar-refractivity contribution >= 4 is 40.5 Å². The molecule has 0 unspecified atom stereocenters. The fraction of sp³-hybridized carbons (Fsp3) is 0.0588. The smallest absolute Gasteiger partial charge is 0.292 e. The number of ketones is 1. The van der Waals surface area contributed by atoms with Gasteiger partial charge in [0.05, 0.1) is 16.4 Å². The van der Waals surface area contributed by atoms with Gasteiger partial charge < -0.3 is 0 Å². The minimum absolute atomic E-state index is 0.145. The van der Waals surface area contributed by atoms with Crippen LogP contribution in [0.4, 0.5) is 10.5 Å². The highest BCUT2D eigenvalue weighted by Crippen LogP contribution is 2.32. The molecule has 1 aromatic heterocycles. The van der Waals surface area contributed by atoms with Gasteiger partial charge in [0.1, 0.15) is 0 Å². The molecular weight excluding hydrogens is 358 g/mol. The van der Waals surface area contributed by atoms with Gasteiger partial charge in [0.15, 0.2) is 5.78 Å². The number of pyridine rings is 1. The first-order chi connectivity index (χ1) is 12.5. The Morgan fingerprint density at radius 1 is 1.15 bits per heavy atom. The van der Waals surface area contributed by atoms with E-state index in [1.165, 1.54) is 24.3 Å². The largest absolute Gasteiger partial charge is 0.293 e. The Labute approximate surface area is 151 Å². The number of carbonyl (C=O) groups is 3. The number of aromatic nitrogens is 1. The van der Waals surface area contributed by atoms with E-state index in [2.05, 4.69) is 4.98 Å². The first-order valence-corrected chi connectivity index (χ1v) is 8.20. The van der Waals surface area contributed by atoms with E-state index in [0.29, 0.717) is 5.56 Å². The maximum Gasteiger partial charge on any atom is 0.293 e. The Morgan fingerprint density at radius 3 is 2.42 bits per heavy atom. The van der Waals surface area contributed by atoms with Crippen molar-refractivity contribution in [2.24, 2.45) is 0 Å². The molecule has 2 amide bonds. The minimum Gasteiger partial charge on any atom is -0.292 e. The Bertz CT molecular complexity index is 925. The number of nitro groups is 1. The van der Waals surface area contributed by atoms with Crippen molar-refractivity contribution in [3.63, 3.8) is 0 Å². The zero-order valence-corrected chi connectivity index (χ0v) is 14.0. The van der Waals surface area contributed by atoms with Gasteiger partial charge in [0, 0.05) is 30.1 Å². The SMILES string of the molecule is O=C(CN1C(=O)S/C(=C/c2ccncc2)C1=O)c1ccc([N+](=O)[O-])cc1. The Morgan fingerprint density at radius 2 is 1.81 bits per heavy atom. The van der Waals surface area contributed by atoms with Crippen LogP contribution in [0.2, 0.25) is 0 Å². The van der Waals surface area contributed by atoms with E-state index in [9.17, 15) is 24.5 Å². The molecule has 3 rings (SSSR count). The lowest BCUT2D eigenvalue weighted by molar-refractivity contribution is -0.384. The van der Waals surface area contributed by atoms with Crippen LogP contribution in [-0.4, -0.2) is 38.3 Å². The van der Waals surface area contributed by atoms with Crippen LogP contribution in [0.5, 0.6) is 0 Å². The molecular formula is C17H11N3O5S. The highest BCUT2D eigenvalue weighted by atomic mass is 32.2. The first kappa shape index (κ1) is 17.5. The minimum atomic E-state index is -0.575. The number of amides is 2. The first-order valence-electron chi connectivity index (χ1n) is 7.39. The van der Waals surface area contributed by atoms with E-state index in [0.717, 1.165) is 16.7 Å². The van der Waals surface area contributed by atoms with Gasteiger partial charge in [-0.05, 0) is 47.7 Å². The Hall–Kier alpha value is -3.33. The van der Waals surface area contributed by atoms with Gasteiger partial charge >= 0.3 is 0 Å². The molecule has 26 heavy (non-hydrogen) atoms. The highest BCUT2D eigenvalue weighted by molar-refractivity contribution is 8.18. The van der Waals surface area contributed by atoms with E-state index in [1.54, 1.807) is 30.6 Å². The van der Waals surface area contributed by atoms with Gasteiger partial charge in [-0.15, -0.1) is 0 Å². The Balaban J connectivity index is 1.74. The zero-order valence-electron chi connectivity index (χ0n) is 13.2. The number of nitrogens with zero attached hydrogens (tertiary/aromatic N) is 3. The summed E-state index contributed by atoms with van der Waals surface area (Å²) in [5.74, 6) is -1.03. The van der Waals surface area contributed by atoms with E-state index >= 15 is 0 Å². The summed E-state index contributed by atoms with van der Waals surface area (Å²) in [6.45, 7) is -0.420. The average Bonchev–Trinajstić information content (AvgIpc) is 2.90. The summed E-state index contributed by atoms with van der Waals surface area (Å²) in [5, 5.41) is 10.1. The molecule has 0 bridgehead atoms. The predicted octanol–water partition coefficient (Wildman–Crippen LogP) is 2.91. The molecule has 2 aromatic rings. The second kappa shape index (κ2) is 7.28. The lowest BCUT2D eigenvalue weighted by atomic mass is 10.1. The molecule has 0 atom stereocenters. The number of benzene rings is 1. The van der Waals surface area contributed by atoms with Crippen LogP contribution in [0.1, 0.15) is 15.9 Å². The van der Waals surface area contributed by atoms with E-state index in [4.69, 9.17) is 0 Å². The standard InChI is InChI=1S/C17H11N3O5S/c21-14(12-1-3-13(4-2-12)20(24)25)10-19-16(22)15(26-17(19)23)9-11-5-7-18-8-6-11/h1-9H,10H2/b15-9+. The molecule has 1 saturated heterocycles. The monoisotopic (exact) mass is 369 g/mol. The van der Waals surface area contributed by atoms with Crippen molar-refractivity contribution in [3.8, 4) is 0 Å². The summed E-state index contributed by atoms with van der Waals surface area (Å²) < 4.78 is 0. The fourth-order valence-corrected chi connectivity index (χ4v) is 3.09. The third-order valence-electron chi connectivity index (χ3n) is 3.58. The second-order valence-corrected chi connectivity index (χ2v) is 6.27. The average molecular weight is 369 g/mol. The molecule has 1 aliphatic rings. The maximum absolute atomic E-state index is 12.4. The zero-order chi connectivity index (χ0) is 18.7. The van der Waals surface area contributed by atoms with Gasteiger partial charge in [-0.2, -0.15) is 0 Å². The summed E-state index contributed by atoms with van der Waals surface area (Å²) in [4.78, 5) is 51.8. The van der Waals surface area contributed by atoms with Crippen molar-refractivity contribution < 1.29 is 19.3 Å². The molecule has 2 heterocycles. The molecule has 0 spiro atoms. The number of hydrogen-bond donors (Lipinski definition) is 0. The van der Waals surface area contributed by atoms with Gasteiger partial charge in [0.2, 0.25) is 0 Å². The maximum atomic E-state index is 12.4. The Kier molecular flexibility index (Phi) is 4.90. The quantitative estimate of drug-likeness (QED) is 0.345. The van der Waals surface area contributed by atoms with Crippen LogP contribution in [0, 0.1) is 10.1 Å². The summed E-state index contributed by atoms with van der Waals surface area (Å²) >= 11 is 0.757. The lowest BCUT2D eigenvalue weighted by Crippen LogP contribution is -2.33. The molecule has 0 aliphatic carbocycles. The molecule has 0 radical (unpaired) electrons.